The van der Waals surface area contributed by atoms with Crippen LogP contribution < -0.4 is 0 Å². The molecule has 0 bridgehead atoms. The number of benzene rings is 7. The summed E-state index contributed by atoms with van der Waals surface area (Å²) in [7, 11) is 0. The number of nitriles is 1. The molecule has 3 nitrogen and oxygen atoms in total. The van der Waals surface area contributed by atoms with Crippen molar-refractivity contribution in [2.24, 2.45) is 0 Å². The Morgan fingerprint density at radius 3 is 1.91 bits per heavy atom. The minimum atomic E-state index is 0.658. The summed E-state index contributed by atoms with van der Waals surface area (Å²) >= 11 is 0. The lowest BCUT2D eigenvalue weighted by atomic mass is 9.91. The minimum absolute atomic E-state index is 0.658. The summed E-state index contributed by atoms with van der Waals surface area (Å²) in [4.78, 5) is 5.12. The van der Waals surface area contributed by atoms with Gasteiger partial charge in [0, 0.05) is 10.9 Å². The predicted octanol–water partition coefficient (Wildman–Crippen LogP) is 10.2. The Bertz CT molecular complexity index is 2340. The zero-order valence-corrected chi connectivity index (χ0v) is 23.3. The summed E-state index contributed by atoms with van der Waals surface area (Å²) in [5.41, 5.74) is 9.35. The summed E-state index contributed by atoms with van der Waals surface area (Å²) in [6.07, 6.45) is 0. The quantitative estimate of drug-likeness (QED) is 0.220. The predicted molar refractivity (Wildman–Crippen MR) is 177 cm³/mol. The van der Waals surface area contributed by atoms with Crippen molar-refractivity contribution in [3.8, 4) is 45.4 Å². The molecule has 8 rings (SSSR count). The molecule has 0 N–H and O–H groups in total. The van der Waals surface area contributed by atoms with E-state index in [9.17, 15) is 5.26 Å². The smallest absolute Gasteiger partial charge is 0.145 e. The first-order chi connectivity index (χ1) is 21.3. The van der Waals surface area contributed by atoms with Crippen LogP contribution in [0, 0.1) is 11.3 Å². The SMILES string of the molecule is N#Cc1ccc(-c2cc(-c3cc(-n4c(-c5ccccc5)nc5ccccc54)c4ccccc4c3)cc3ccccc23)cc1. The van der Waals surface area contributed by atoms with Crippen molar-refractivity contribution in [3.05, 3.63) is 157 Å². The van der Waals surface area contributed by atoms with E-state index in [4.69, 9.17) is 4.98 Å². The summed E-state index contributed by atoms with van der Waals surface area (Å²) < 4.78 is 2.30. The summed E-state index contributed by atoms with van der Waals surface area (Å²) in [6, 6.07) is 55.1. The highest BCUT2D eigenvalue weighted by Gasteiger charge is 2.18. The highest BCUT2D eigenvalue weighted by Crippen LogP contribution is 2.39. The monoisotopic (exact) mass is 547 g/mol. The fourth-order valence-electron chi connectivity index (χ4n) is 6.13. The van der Waals surface area contributed by atoms with Crippen LogP contribution in [-0.2, 0) is 0 Å². The number of imidazole rings is 1. The molecule has 0 saturated carbocycles. The van der Waals surface area contributed by atoms with Gasteiger partial charge in [-0.3, -0.25) is 4.57 Å². The Balaban J connectivity index is 1.42. The molecule has 0 radical (unpaired) electrons. The van der Waals surface area contributed by atoms with E-state index >= 15 is 0 Å². The maximum absolute atomic E-state index is 9.36. The van der Waals surface area contributed by atoms with Crippen LogP contribution in [0.4, 0.5) is 0 Å². The number of aromatic nitrogens is 2. The standard InChI is InChI=1S/C40H25N3/c41-26-27-18-20-28(21-19-27)36-24-32(22-30-12-4-6-14-34(30)36)33-23-31-13-5-7-15-35(31)39(25-33)43-38-17-9-8-16-37(38)42-40(43)29-10-2-1-3-11-29/h1-25H. The molecule has 7 aromatic carbocycles. The molecule has 200 valence electrons. The van der Waals surface area contributed by atoms with Gasteiger partial charge in [-0.1, -0.05) is 103 Å². The number of hydrogen-bond acceptors (Lipinski definition) is 2. The molecule has 0 aliphatic carbocycles. The molecular formula is C40H25N3. The van der Waals surface area contributed by atoms with Gasteiger partial charge in [0.25, 0.3) is 0 Å². The Morgan fingerprint density at radius 2 is 1.14 bits per heavy atom. The minimum Gasteiger partial charge on any atom is -0.292 e. The third kappa shape index (κ3) is 4.25. The molecule has 1 heterocycles. The summed E-state index contributed by atoms with van der Waals surface area (Å²) in [6.45, 7) is 0. The van der Waals surface area contributed by atoms with Crippen LogP contribution in [0.5, 0.6) is 0 Å². The molecule has 43 heavy (non-hydrogen) atoms. The van der Waals surface area contributed by atoms with E-state index in [2.05, 4.69) is 126 Å². The van der Waals surface area contributed by atoms with Gasteiger partial charge < -0.3 is 0 Å². The number of fused-ring (bicyclic) bond motifs is 3. The van der Waals surface area contributed by atoms with E-state index in [0.29, 0.717) is 5.56 Å². The van der Waals surface area contributed by atoms with Gasteiger partial charge in [0.15, 0.2) is 0 Å². The first-order valence-corrected chi connectivity index (χ1v) is 14.4. The van der Waals surface area contributed by atoms with Crippen molar-refractivity contribution in [2.75, 3.05) is 0 Å². The van der Waals surface area contributed by atoms with Crippen molar-refractivity contribution < 1.29 is 0 Å². The molecule has 0 unspecified atom stereocenters. The molecule has 0 aliphatic rings. The van der Waals surface area contributed by atoms with Gasteiger partial charge >= 0.3 is 0 Å². The molecule has 3 heteroatoms. The van der Waals surface area contributed by atoms with E-state index in [1.54, 1.807) is 0 Å². The van der Waals surface area contributed by atoms with Crippen LogP contribution in [0.3, 0.4) is 0 Å². The summed E-state index contributed by atoms with van der Waals surface area (Å²) in [5.74, 6) is 0.917. The van der Waals surface area contributed by atoms with Gasteiger partial charge in [-0.15, -0.1) is 0 Å². The van der Waals surface area contributed by atoms with E-state index < -0.39 is 0 Å². The van der Waals surface area contributed by atoms with Gasteiger partial charge in [-0.05, 0) is 86.9 Å². The van der Waals surface area contributed by atoms with E-state index in [0.717, 1.165) is 50.4 Å². The number of hydrogen-bond donors (Lipinski definition) is 0. The summed E-state index contributed by atoms with van der Waals surface area (Å²) in [5, 5.41) is 14.0. The van der Waals surface area contributed by atoms with Gasteiger partial charge in [-0.2, -0.15) is 5.26 Å². The third-order valence-corrected chi connectivity index (χ3v) is 8.19. The normalized spacial score (nSPS) is 11.2. The number of para-hydroxylation sites is 2. The lowest BCUT2D eigenvalue weighted by Gasteiger charge is -2.17. The van der Waals surface area contributed by atoms with E-state index in [-0.39, 0.29) is 0 Å². The Morgan fingerprint density at radius 1 is 0.512 bits per heavy atom. The highest BCUT2D eigenvalue weighted by molar-refractivity contribution is 6.02. The second-order valence-electron chi connectivity index (χ2n) is 10.8. The van der Waals surface area contributed by atoms with Gasteiger partial charge in [-0.25, -0.2) is 4.98 Å². The van der Waals surface area contributed by atoms with Gasteiger partial charge in [0.05, 0.1) is 28.4 Å². The van der Waals surface area contributed by atoms with Crippen molar-refractivity contribution in [1.82, 2.24) is 9.55 Å². The first kappa shape index (κ1) is 24.8. The molecule has 0 saturated heterocycles. The van der Waals surface area contributed by atoms with Crippen molar-refractivity contribution >= 4 is 32.6 Å². The average molecular weight is 548 g/mol. The van der Waals surface area contributed by atoms with Crippen molar-refractivity contribution in [3.63, 3.8) is 0 Å². The lowest BCUT2D eigenvalue weighted by Crippen LogP contribution is -1.99. The second kappa shape index (κ2) is 10.1. The van der Waals surface area contributed by atoms with Crippen LogP contribution in [0.1, 0.15) is 5.56 Å². The molecule has 0 amide bonds. The van der Waals surface area contributed by atoms with Crippen LogP contribution in [-0.4, -0.2) is 9.55 Å². The largest absolute Gasteiger partial charge is 0.292 e. The number of rotatable bonds is 4. The molecule has 0 spiro atoms. The fourth-order valence-corrected chi connectivity index (χ4v) is 6.13. The maximum Gasteiger partial charge on any atom is 0.145 e. The van der Waals surface area contributed by atoms with Crippen LogP contribution >= 0.6 is 0 Å². The zero-order valence-electron chi connectivity index (χ0n) is 23.3. The van der Waals surface area contributed by atoms with E-state index in [1.807, 2.05) is 36.4 Å². The fraction of sp³-hybridized carbons (Fsp3) is 0. The first-order valence-electron chi connectivity index (χ1n) is 14.4. The Labute approximate surface area is 249 Å². The van der Waals surface area contributed by atoms with Crippen molar-refractivity contribution in [1.29, 1.82) is 5.26 Å². The van der Waals surface area contributed by atoms with Crippen LogP contribution in [0.2, 0.25) is 0 Å². The number of nitrogens with zero attached hydrogens (tertiary/aromatic N) is 3. The Hall–Kier alpha value is -5.98. The molecule has 8 aromatic rings. The lowest BCUT2D eigenvalue weighted by molar-refractivity contribution is 1.12. The third-order valence-electron chi connectivity index (χ3n) is 8.19. The average Bonchev–Trinajstić information content (AvgIpc) is 3.47. The molecule has 1 aromatic heterocycles. The molecule has 0 aliphatic heterocycles. The van der Waals surface area contributed by atoms with Gasteiger partial charge in [0.1, 0.15) is 5.82 Å². The molecule has 0 atom stereocenters. The van der Waals surface area contributed by atoms with Crippen molar-refractivity contribution in [2.45, 2.75) is 0 Å². The zero-order chi connectivity index (χ0) is 28.8. The van der Waals surface area contributed by atoms with E-state index in [1.165, 1.54) is 21.5 Å². The highest BCUT2D eigenvalue weighted by atomic mass is 15.1. The van der Waals surface area contributed by atoms with Crippen LogP contribution in [0.15, 0.2) is 152 Å². The molecule has 0 fully saturated rings. The Kier molecular flexibility index (Phi) is 5.84. The topological polar surface area (TPSA) is 41.6 Å². The van der Waals surface area contributed by atoms with Gasteiger partial charge in [0.2, 0.25) is 0 Å². The second-order valence-corrected chi connectivity index (χ2v) is 10.8. The maximum atomic E-state index is 9.36. The molecular weight excluding hydrogens is 522 g/mol. The van der Waals surface area contributed by atoms with Crippen LogP contribution in [0.25, 0.3) is 71.9 Å².